The fourth-order valence-corrected chi connectivity index (χ4v) is 1.33. The number of hydrogen-bond acceptors (Lipinski definition) is 2. The topological polar surface area (TPSA) is 26.0 Å². The number of nitrogens with two attached hydrogens (primary N) is 1. The van der Waals surface area contributed by atoms with Gasteiger partial charge in [0.1, 0.15) is 0 Å². The number of thioether (sulfide) groups is 1. The molecular weight excluding hydrogens is 154 g/mol. The minimum absolute atomic E-state index is 0.565. The molecule has 1 aromatic rings. The monoisotopic (exact) mass is 167 g/mol. The van der Waals surface area contributed by atoms with E-state index in [0.717, 1.165) is 5.69 Å². The van der Waals surface area contributed by atoms with E-state index in [1.165, 1.54) is 5.56 Å². The lowest BCUT2D eigenvalue weighted by molar-refractivity contribution is 1.10. The van der Waals surface area contributed by atoms with Crippen molar-refractivity contribution < 1.29 is 0 Å². The molecule has 1 atom stereocenters. The standard InChI is InChI=1S/C9H13NS/c1-7(11-2)8-3-5-9(10)6-4-8/h3-7H,10H2,1-2H3. The highest BCUT2D eigenvalue weighted by atomic mass is 32.2. The summed E-state index contributed by atoms with van der Waals surface area (Å²) >= 11 is 1.84. The van der Waals surface area contributed by atoms with Crippen molar-refractivity contribution >= 4 is 17.4 Å². The van der Waals surface area contributed by atoms with Gasteiger partial charge in [0.05, 0.1) is 0 Å². The summed E-state index contributed by atoms with van der Waals surface area (Å²) in [5.41, 5.74) is 7.74. The minimum Gasteiger partial charge on any atom is -0.399 e. The third-order valence-electron chi connectivity index (χ3n) is 1.76. The second-order valence-electron chi connectivity index (χ2n) is 2.54. The van der Waals surface area contributed by atoms with E-state index >= 15 is 0 Å². The summed E-state index contributed by atoms with van der Waals surface area (Å²) in [6, 6.07) is 8.05. The fourth-order valence-electron chi connectivity index (χ4n) is 0.903. The first-order chi connectivity index (χ1) is 5.24. The average molecular weight is 167 g/mol. The van der Waals surface area contributed by atoms with Crippen LogP contribution in [0.4, 0.5) is 5.69 Å². The highest BCUT2D eigenvalue weighted by Crippen LogP contribution is 2.25. The zero-order chi connectivity index (χ0) is 8.27. The van der Waals surface area contributed by atoms with Gasteiger partial charge in [-0.1, -0.05) is 12.1 Å². The molecule has 2 heteroatoms. The van der Waals surface area contributed by atoms with Crippen molar-refractivity contribution in [2.45, 2.75) is 12.2 Å². The first-order valence-electron chi connectivity index (χ1n) is 3.62. The van der Waals surface area contributed by atoms with Crippen LogP contribution >= 0.6 is 11.8 Å². The Morgan fingerprint density at radius 3 is 2.27 bits per heavy atom. The number of anilines is 1. The van der Waals surface area contributed by atoms with Gasteiger partial charge in [-0.3, -0.25) is 0 Å². The summed E-state index contributed by atoms with van der Waals surface area (Å²) in [5.74, 6) is 0. The SMILES string of the molecule is CSC(C)c1ccc(N)cc1. The first-order valence-corrected chi connectivity index (χ1v) is 4.91. The molecule has 2 N–H and O–H groups in total. The summed E-state index contributed by atoms with van der Waals surface area (Å²) in [4.78, 5) is 0. The molecule has 0 heterocycles. The van der Waals surface area contributed by atoms with E-state index in [1.54, 1.807) is 0 Å². The Kier molecular flexibility index (Phi) is 2.83. The Balaban J connectivity index is 2.81. The maximum atomic E-state index is 5.56. The number of benzene rings is 1. The lowest BCUT2D eigenvalue weighted by atomic mass is 10.1. The van der Waals surface area contributed by atoms with Gasteiger partial charge >= 0.3 is 0 Å². The van der Waals surface area contributed by atoms with E-state index in [1.807, 2.05) is 23.9 Å². The van der Waals surface area contributed by atoms with Gasteiger partial charge < -0.3 is 5.73 Å². The van der Waals surface area contributed by atoms with Crippen LogP contribution in [0.25, 0.3) is 0 Å². The van der Waals surface area contributed by atoms with Crippen molar-refractivity contribution in [1.29, 1.82) is 0 Å². The van der Waals surface area contributed by atoms with Crippen molar-refractivity contribution in [3.8, 4) is 0 Å². The minimum atomic E-state index is 0.565. The third-order valence-corrected chi connectivity index (χ3v) is 2.74. The molecule has 0 spiro atoms. The zero-order valence-corrected chi connectivity index (χ0v) is 7.69. The molecule has 0 bridgehead atoms. The number of nitrogen functional groups attached to an aromatic ring is 1. The maximum absolute atomic E-state index is 5.56. The Hall–Kier alpha value is -0.630. The van der Waals surface area contributed by atoms with Crippen LogP contribution in [0.3, 0.4) is 0 Å². The molecule has 0 amide bonds. The van der Waals surface area contributed by atoms with Crippen LogP contribution in [0.1, 0.15) is 17.7 Å². The van der Waals surface area contributed by atoms with Crippen molar-refractivity contribution in [1.82, 2.24) is 0 Å². The number of rotatable bonds is 2. The predicted molar refractivity (Wildman–Crippen MR) is 52.8 cm³/mol. The molecule has 1 aromatic carbocycles. The Bertz CT molecular complexity index is 218. The summed E-state index contributed by atoms with van der Waals surface area (Å²) in [6.45, 7) is 2.19. The number of hydrogen-bond donors (Lipinski definition) is 1. The van der Waals surface area contributed by atoms with Crippen molar-refractivity contribution in [3.63, 3.8) is 0 Å². The third kappa shape index (κ3) is 2.15. The molecule has 1 rings (SSSR count). The molecule has 1 nitrogen and oxygen atoms in total. The van der Waals surface area contributed by atoms with Crippen molar-refractivity contribution in [2.75, 3.05) is 12.0 Å². The van der Waals surface area contributed by atoms with Gasteiger partial charge in [0.2, 0.25) is 0 Å². The van der Waals surface area contributed by atoms with Crippen LogP contribution in [-0.2, 0) is 0 Å². The van der Waals surface area contributed by atoms with Gasteiger partial charge in [0.15, 0.2) is 0 Å². The van der Waals surface area contributed by atoms with Crippen LogP contribution in [0.2, 0.25) is 0 Å². The van der Waals surface area contributed by atoms with Crippen LogP contribution in [0, 0.1) is 0 Å². The molecule has 1 unspecified atom stereocenters. The van der Waals surface area contributed by atoms with Crippen molar-refractivity contribution in [3.05, 3.63) is 29.8 Å². The first kappa shape index (κ1) is 8.47. The Morgan fingerprint density at radius 2 is 1.82 bits per heavy atom. The highest BCUT2D eigenvalue weighted by Gasteiger charge is 2.00. The van der Waals surface area contributed by atoms with Crippen LogP contribution in [0.5, 0.6) is 0 Å². The summed E-state index contributed by atoms with van der Waals surface area (Å²) in [7, 11) is 0. The van der Waals surface area contributed by atoms with E-state index in [9.17, 15) is 0 Å². The molecular formula is C9H13NS. The summed E-state index contributed by atoms with van der Waals surface area (Å²) in [5, 5.41) is 0.565. The van der Waals surface area contributed by atoms with E-state index in [0.29, 0.717) is 5.25 Å². The predicted octanol–water partition coefficient (Wildman–Crippen LogP) is 2.69. The molecule has 11 heavy (non-hydrogen) atoms. The Labute approximate surface area is 72.0 Å². The second-order valence-corrected chi connectivity index (χ2v) is 3.72. The van der Waals surface area contributed by atoms with Gasteiger partial charge in [0.25, 0.3) is 0 Å². The van der Waals surface area contributed by atoms with E-state index in [2.05, 4.69) is 25.3 Å². The summed E-state index contributed by atoms with van der Waals surface area (Å²) < 4.78 is 0. The zero-order valence-electron chi connectivity index (χ0n) is 6.87. The van der Waals surface area contributed by atoms with Crippen LogP contribution < -0.4 is 5.73 Å². The van der Waals surface area contributed by atoms with Gasteiger partial charge in [0, 0.05) is 10.9 Å². The van der Waals surface area contributed by atoms with E-state index < -0.39 is 0 Å². The van der Waals surface area contributed by atoms with Gasteiger partial charge in [-0.05, 0) is 30.9 Å². The molecule has 0 saturated heterocycles. The van der Waals surface area contributed by atoms with E-state index in [4.69, 9.17) is 5.73 Å². The van der Waals surface area contributed by atoms with E-state index in [-0.39, 0.29) is 0 Å². The lowest BCUT2D eigenvalue weighted by Gasteiger charge is -2.07. The maximum Gasteiger partial charge on any atom is 0.0314 e. The van der Waals surface area contributed by atoms with Gasteiger partial charge in [-0.15, -0.1) is 0 Å². The molecule has 0 radical (unpaired) electrons. The molecule has 0 aliphatic heterocycles. The lowest BCUT2D eigenvalue weighted by Crippen LogP contribution is -1.88. The molecule has 0 aliphatic carbocycles. The molecule has 0 fully saturated rings. The second kappa shape index (κ2) is 3.67. The van der Waals surface area contributed by atoms with Crippen LogP contribution in [0.15, 0.2) is 24.3 Å². The highest BCUT2D eigenvalue weighted by molar-refractivity contribution is 7.98. The summed E-state index contributed by atoms with van der Waals surface area (Å²) in [6.07, 6.45) is 2.11. The largest absolute Gasteiger partial charge is 0.399 e. The normalized spacial score (nSPS) is 12.9. The molecule has 60 valence electrons. The van der Waals surface area contributed by atoms with Gasteiger partial charge in [-0.2, -0.15) is 11.8 Å². The molecule has 0 aliphatic rings. The average Bonchev–Trinajstić information content (AvgIpc) is 2.05. The van der Waals surface area contributed by atoms with Crippen LogP contribution in [-0.4, -0.2) is 6.26 Å². The quantitative estimate of drug-likeness (QED) is 0.685. The smallest absolute Gasteiger partial charge is 0.0314 e. The molecule has 0 aromatic heterocycles. The fraction of sp³-hybridized carbons (Fsp3) is 0.333. The van der Waals surface area contributed by atoms with Gasteiger partial charge in [-0.25, -0.2) is 0 Å². The molecule has 0 saturated carbocycles. The Morgan fingerprint density at radius 1 is 1.27 bits per heavy atom. The van der Waals surface area contributed by atoms with Crippen molar-refractivity contribution in [2.24, 2.45) is 0 Å².